The molecule has 0 bridgehead atoms. The lowest BCUT2D eigenvalue weighted by molar-refractivity contribution is 0.209. The summed E-state index contributed by atoms with van der Waals surface area (Å²) >= 11 is 1.68. The minimum Gasteiger partial charge on any atom is -0.396 e. The van der Waals surface area contributed by atoms with Crippen molar-refractivity contribution in [3.8, 4) is 0 Å². The van der Waals surface area contributed by atoms with Crippen molar-refractivity contribution in [3.05, 3.63) is 36.2 Å². The van der Waals surface area contributed by atoms with E-state index in [1.54, 1.807) is 24.2 Å². The minimum atomic E-state index is 0.367. The van der Waals surface area contributed by atoms with Crippen LogP contribution in [0.3, 0.4) is 0 Å². The van der Waals surface area contributed by atoms with Crippen LogP contribution in [0.15, 0.2) is 40.5 Å². The maximum atomic E-state index is 9.37. The molecule has 1 aromatic carbocycles. The summed E-state index contributed by atoms with van der Waals surface area (Å²) in [4.78, 5) is 12.5. The summed E-state index contributed by atoms with van der Waals surface area (Å²) in [7, 11) is 0. The predicted octanol–water partition coefficient (Wildman–Crippen LogP) is 3.14. The van der Waals surface area contributed by atoms with Crippen LogP contribution in [0.25, 0.3) is 0 Å². The summed E-state index contributed by atoms with van der Waals surface area (Å²) in [5.74, 6) is 2.96. The molecule has 1 aromatic heterocycles. The summed E-state index contributed by atoms with van der Waals surface area (Å²) in [5, 5.41) is 13.7. The Bertz CT molecular complexity index is 785. The van der Waals surface area contributed by atoms with Gasteiger partial charge >= 0.3 is 0 Å². The van der Waals surface area contributed by atoms with E-state index in [0.717, 1.165) is 34.9 Å². The SMILES string of the molecule is OCC1CC2CN(Cc3ccc4c(c3)Nc3nccnc3S4)CC2C1. The van der Waals surface area contributed by atoms with Crippen molar-refractivity contribution in [3.63, 3.8) is 0 Å². The molecule has 0 amide bonds. The number of anilines is 2. The molecule has 2 unspecified atom stereocenters. The number of nitrogens with one attached hydrogen (secondary N) is 1. The third-order valence-electron chi connectivity index (χ3n) is 5.76. The summed E-state index contributed by atoms with van der Waals surface area (Å²) in [6.45, 7) is 3.72. The summed E-state index contributed by atoms with van der Waals surface area (Å²) < 4.78 is 0. The molecule has 2 aliphatic heterocycles. The summed E-state index contributed by atoms with van der Waals surface area (Å²) in [6, 6.07) is 6.68. The van der Waals surface area contributed by atoms with Crippen LogP contribution >= 0.6 is 11.8 Å². The number of nitrogens with zero attached hydrogens (tertiary/aromatic N) is 3. The van der Waals surface area contributed by atoms with Crippen LogP contribution in [0.1, 0.15) is 18.4 Å². The van der Waals surface area contributed by atoms with E-state index in [-0.39, 0.29) is 0 Å². The Kier molecular flexibility index (Phi) is 3.91. The largest absolute Gasteiger partial charge is 0.396 e. The van der Waals surface area contributed by atoms with Gasteiger partial charge in [-0.25, -0.2) is 9.97 Å². The lowest BCUT2D eigenvalue weighted by Crippen LogP contribution is -2.22. The second kappa shape index (κ2) is 6.27. The van der Waals surface area contributed by atoms with Crippen molar-refractivity contribution in [2.24, 2.45) is 17.8 Å². The molecule has 2 fully saturated rings. The molecule has 3 aliphatic rings. The first-order chi connectivity index (χ1) is 12.3. The van der Waals surface area contributed by atoms with E-state index in [1.165, 1.54) is 36.4 Å². The fraction of sp³-hybridized carbons (Fsp3) is 0.474. The van der Waals surface area contributed by atoms with E-state index in [4.69, 9.17) is 0 Å². The number of benzene rings is 1. The first-order valence-electron chi connectivity index (χ1n) is 9.00. The van der Waals surface area contributed by atoms with Gasteiger partial charge in [-0.2, -0.15) is 0 Å². The van der Waals surface area contributed by atoms with Crippen molar-refractivity contribution in [1.82, 2.24) is 14.9 Å². The van der Waals surface area contributed by atoms with Gasteiger partial charge < -0.3 is 10.4 Å². The van der Waals surface area contributed by atoms with Gasteiger partial charge in [0.15, 0.2) is 5.82 Å². The zero-order valence-corrected chi connectivity index (χ0v) is 14.9. The van der Waals surface area contributed by atoms with Crippen LogP contribution in [-0.4, -0.2) is 39.7 Å². The third-order valence-corrected chi connectivity index (χ3v) is 6.82. The molecular weight excluding hydrogens is 332 g/mol. The van der Waals surface area contributed by atoms with Gasteiger partial charge in [0.2, 0.25) is 0 Å². The zero-order valence-electron chi connectivity index (χ0n) is 14.1. The van der Waals surface area contributed by atoms with Gasteiger partial charge in [0.1, 0.15) is 5.03 Å². The van der Waals surface area contributed by atoms with Gasteiger partial charge in [-0.05, 0) is 48.3 Å². The number of likely N-dealkylation sites (tertiary alicyclic amines) is 1. The maximum Gasteiger partial charge on any atom is 0.163 e. The highest BCUT2D eigenvalue weighted by molar-refractivity contribution is 7.99. The van der Waals surface area contributed by atoms with Crippen LogP contribution in [0.4, 0.5) is 11.5 Å². The molecule has 1 aliphatic carbocycles. The Morgan fingerprint density at radius 3 is 2.76 bits per heavy atom. The van der Waals surface area contributed by atoms with Crippen LogP contribution in [0, 0.1) is 17.8 Å². The fourth-order valence-corrected chi connectivity index (χ4v) is 5.52. The van der Waals surface area contributed by atoms with E-state index in [2.05, 4.69) is 38.4 Å². The van der Waals surface area contributed by atoms with E-state index in [9.17, 15) is 5.11 Å². The molecule has 1 saturated heterocycles. The van der Waals surface area contributed by atoms with Crippen molar-refractivity contribution in [2.75, 3.05) is 25.0 Å². The number of rotatable bonds is 3. The number of hydrogen-bond donors (Lipinski definition) is 2. The number of hydrogen-bond acceptors (Lipinski definition) is 6. The highest BCUT2D eigenvalue weighted by atomic mass is 32.2. The number of aliphatic hydroxyl groups excluding tert-OH is 1. The average molecular weight is 354 g/mol. The van der Waals surface area contributed by atoms with E-state index in [0.29, 0.717) is 12.5 Å². The number of aromatic nitrogens is 2. The highest BCUT2D eigenvalue weighted by Gasteiger charge is 2.40. The van der Waals surface area contributed by atoms with Crippen LogP contribution in [0.5, 0.6) is 0 Å². The molecule has 0 spiro atoms. The lowest BCUT2D eigenvalue weighted by atomic mass is 10.0. The van der Waals surface area contributed by atoms with Crippen molar-refractivity contribution in [1.29, 1.82) is 0 Å². The average Bonchev–Trinajstić information content (AvgIpc) is 3.18. The number of fused-ring (bicyclic) bond motifs is 3. The van der Waals surface area contributed by atoms with E-state index in [1.807, 2.05) is 0 Å². The monoisotopic (exact) mass is 354 g/mol. The van der Waals surface area contributed by atoms with Gasteiger partial charge in [-0.1, -0.05) is 17.8 Å². The Balaban J connectivity index is 1.28. The quantitative estimate of drug-likeness (QED) is 0.753. The first-order valence-corrected chi connectivity index (χ1v) is 9.82. The molecule has 6 heteroatoms. The zero-order chi connectivity index (χ0) is 16.8. The predicted molar refractivity (Wildman–Crippen MR) is 97.9 cm³/mol. The van der Waals surface area contributed by atoms with Gasteiger partial charge in [0.05, 0.1) is 5.69 Å². The fourth-order valence-electron chi connectivity index (χ4n) is 4.64. The van der Waals surface area contributed by atoms with E-state index >= 15 is 0 Å². The highest BCUT2D eigenvalue weighted by Crippen LogP contribution is 2.43. The third kappa shape index (κ3) is 2.92. The normalized spacial score (nSPS) is 27.5. The molecule has 0 radical (unpaired) electrons. The molecule has 3 heterocycles. The summed E-state index contributed by atoms with van der Waals surface area (Å²) in [5.41, 5.74) is 2.48. The first kappa shape index (κ1) is 15.6. The second-order valence-corrected chi connectivity index (χ2v) is 8.53. The Hall–Kier alpha value is -1.63. The molecule has 2 N–H and O–H groups in total. The molecule has 130 valence electrons. The maximum absolute atomic E-state index is 9.37. The van der Waals surface area contributed by atoms with Crippen LogP contribution in [-0.2, 0) is 6.54 Å². The summed E-state index contributed by atoms with van der Waals surface area (Å²) in [6.07, 6.45) is 5.87. The van der Waals surface area contributed by atoms with Gasteiger partial charge in [0, 0.05) is 43.5 Å². The van der Waals surface area contributed by atoms with Crippen molar-refractivity contribution in [2.45, 2.75) is 29.3 Å². The van der Waals surface area contributed by atoms with E-state index < -0.39 is 0 Å². The van der Waals surface area contributed by atoms with Crippen LogP contribution < -0.4 is 5.32 Å². The lowest BCUT2D eigenvalue weighted by Gasteiger charge is -2.22. The Labute approximate surface area is 151 Å². The topological polar surface area (TPSA) is 61.3 Å². The van der Waals surface area contributed by atoms with Gasteiger partial charge in [-0.15, -0.1) is 0 Å². The molecule has 2 aromatic rings. The molecule has 25 heavy (non-hydrogen) atoms. The Morgan fingerprint density at radius 1 is 1.16 bits per heavy atom. The standard InChI is InChI=1S/C19H22N4OS/c24-11-13-5-14-9-23(10-15(14)6-13)8-12-1-2-17-16(7-12)22-18-19(25-17)21-4-3-20-18/h1-4,7,13-15,24H,5-6,8-11H2,(H,20,22). The van der Waals surface area contributed by atoms with Crippen molar-refractivity contribution >= 4 is 23.3 Å². The molecule has 5 rings (SSSR count). The van der Waals surface area contributed by atoms with Gasteiger partial charge in [0.25, 0.3) is 0 Å². The van der Waals surface area contributed by atoms with Gasteiger partial charge in [-0.3, -0.25) is 4.90 Å². The minimum absolute atomic E-state index is 0.367. The molecule has 2 atom stereocenters. The van der Waals surface area contributed by atoms with Crippen LogP contribution in [0.2, 0.25) is 0 Å². The molecule has 5 nitrogen and oxygen atoms in total. The Morgan fingerprint density at radius 2 is 1.96 bits per heavy atom. The molecule has 1 saturated carbocycles. The molecular formula is C19H22N4OS. The van der Waals surface area contributed by atoms with Crippen molar-refractivity contribution < 1.29 is 5.11 Å². The number of aliphatic hydroxyl groups is 1. The second-order valence-electron chi connectivity index (χ2n) is 7.50. The smallest absolute Gasteiger partial charge is 0.163 e.